The summed E-state index contributed by atoms with van der Waals surface area (Å²) in [7, 11) is 5.70. The van der Waals surface area contributed by atoms with Crippen molar-refractivity contribution in [2.45, 2.75) is 32.0 Å². The average Bonchev–Trinajstić information content (AvgIpc) is 3.09. The highest BCUT2D eigenvalue weighted by Crippen LogP contribution is 2.33. The Morgan fingerprint density at radius 2 is 2.16 bits per heavy atom. The van der Waals surface area contributed by atoms with Crippen molar-refractivity contribution in [1.29, 1.82) is 0 Å². The summed E-state index contributed by atoms with van der Waals surface area (Å²) < 4.78 is 19.6. The number of hydrogen-bond acceptors (Lipinski definition) is 5. The number of rotatable bonds is 9. The van der Waals surface area contributed by atoms with Gasteiger partial charge in [-0.1, -0.05) is 12.1 Å². The number of methoxy groups -OCH3 is 1. The molecule has 0 fully saturated rings. The Labute approximate surface area is 182 Å². The van der Waals surface area contributed by atoms with Crippen LogP contribution in [0.1, 0.15) is 34.3 Å². The maximum atomic E-state index is 14.3. The van der Waals surface area contributed by atoms with Gasteiger partial charge in [0.05, 0.1) is 7.11 Å². The Bertz CT molecular complexity index is 1010. The smallest absolute Gasteiger partial charge is 0.255 e. The summed E-state index contributed by atoms with van der Waals surface area (Å²) in [5.41, 5.74) is 2.28. The van der Waals surface area contributed by atoms with E-state index in [0.29, 0.717) is 24.1 Å². The molecule has 1 aliphatic rings. The molecule has 3 rings (SSSR count). The maximum absolute atomic E-state index is 14.3. The second-order valence-corrected chi connectivity index (χ2v) is 7.75. The Morgan fingerprint density at radius 3 is 2.84 bits per heavy atom. The molecular weight excluding hydrogens is 420 g/mol. The molecule has 0 aliphatic carbocycles. The highest BCUT2D eigenvalue weighted by molar-refractivity contribution is 7.28. The topological polar surface area (TPSA) is 87.7 Å². The zero-order chi connectivity index (χ0) is 22.5. The SMILES string of the molecule is CNC(=O)C(CCC=O)N1Cc2c(NCc3cccc(OC)c3P)cc(F)cc2C1=O. The van der Waals surface area contributed by atoms with Crippen molar-refractivity contribution in [2.75, 3.05) is 19.5 Å². The third-order valence-corrected chi connectivity index (χ3v) is 6.02. The van der Waals surface area contributed by atoms with Gasteiger partial charge in [-0.3, -0.25) is 9.59 Å². The van der Waals surface area contributed by atoms with Crippen LogP contribution in [0.3, 0.4) is 0 Å². The third-order valence-electron chi connectivity index (χ3n) is 5.36. The van der Waals surface area contributed by atoms with E-state index in [4.69, 9.17) is 4.74 Å². The molecule has 2 aromatic rings. The van der Waals surface area contributed by atoms with Gasteiger partial charge in [-0.05, 0) is 30.2 Å². The van der Waals surface area contributed by atoms with Crippen molar-refractivity contribution >= 4 is 38.3 Å². The lowest BCUT2D eigenvalue weighted by molar-refractivity contribution is -0.125. The molecule has 0 aromatic heterocycles. The molecule has 0 saturated carbocycles. The van der Waals surface area contributed by atoms with Crippen LogP contribution in [0, 0.1) is 5.82 Å². The average molecular weight is 445 g/mol. The van der Waals surface area contributed by atoms with Crippen LogP contribution in [-0.2, 0) is 22.7 Å². The molecule has 164 valence electrons. The van der Waals surface area contributed by atoms with Gasteiger partial charge in [0, 0.05) is 48.7 Å². The molecule has 0 radical (unpaired) electrons. The molecule has 9 heteroatoms. The van der Waals surface area contributed by atoms with Crippen LogP contribution in [0.4, 0.5) is 10.1 Å². The van der Waals surface area contributed by atoms with Gasteiger partial charge in [0.25, 0.3) is 5.91 Å². The van der Waals surface area contributed by atoms with Gasteiger partial charge in [-0.2, -0.15) is 0 Å². The number of amides is 2. The van der Waals surface area contributed by atoms with Crippen LogP contribution < -0.4 is 20.7 Å². The van der Waals surface area contributed by atoms with Crippen molar-refractivity contribution in [2.24, 2.45) is 0 Å². The minimum Gasteiger partial charge on any atom is -0.496 e. The fourth-order valence-corrected chi connectivity index (χ4v) is 4.15. The number of carbonyl (C=O) groups is 3. The lowest BCUT2D eigenvalue weighted by Gasteiger charge is -2.25. The molecule has 31 heavy (non-hydrogen) atoms. The quantitative estimate of drug-likeness (QED) is 0.456. The molecule has 7 nitrogen and oxygen atoms in total. The van der Waals surface area contributed by atoms with E-state index in [-0.39, 0.29) is 30.9 Å². The molecule has 2 aromatic carbocycles. The third kappa shape index (κ3) is 4.69. The number of anilines is 1. The highest BCUT2D eigenvalue weighted by Gasteiger charge is 2.37. The molecule has 1 aliphatic heterocycles. The number of halogens is 1. The minimum absolute atomic E-state index is 0.143. The molecule has 0 saturated heterocycles. The number of likely N-dealkylation sites (N-methyl/N-ethyl adjacent to an activating group) is 1. The normalized spacial score (nSPS) is 13.5. The molecule has 2 atom stereocenters. The molecule has 2 amide bonds. The Balaban J connectivity index is 1.88. The molecule has 0 bridgehead atoms. The van der Waals surface area contributed by atoms with E-state index < -0.39 is 17.8 Å². The predicted molar refractivity (Wildman–Crippen MR) is 119 cm³/mol. The van der Waals surface area contributed by atoms with Crippen LogP contribution in [0.2, 0.25) is 0 Å². The lowest BCUT2D eigenvalue weighted by atomic mass is 10.1. The molecule has 0 spiro atoms. The van der Waals surface area contributed by atoms with Gasteiger partial charge in [0.2, 0.25) is 5.91 Å². The minimum atomic E-state index is -0.803. The van der Waals surface area contributed by atoms with Crippen LogP contribution >= 0.6 is 9.24 Å². The first-order valence-electron chi connectivity index (χ1n) is 9.85. The van der Waals surface area contributed by atoms with Gasteiger partial charge in [0.15, 0.2) is 0 Å². The summed E-state index contributed by atoms with van der Waals surface area (Å²) in [5.74, 6) is -0.608. The molecule has 2 unspecified atom stereocenters. The van der Waals surface area contributed by atoms with Crippen molar-refractivity contribution < 1.29 is 23.5 Å². The van der Waals surface area contributed by atoms with Crippen LogP contribution in [0.15, 0.2) is 30.3 Å². The van der Waals surface area contributed by atoms with E-state index in [0.717, 1.165) is 16.6 Å². The van der Waals surface area contributed by atoms with Gasteiger partial charge in [-0.15, -0.1) is 9.24 Å². The first-order chi connectivity index (χ1) is 14.9. The fraction of sp³-hybridized carbons (Fsp3) is 0.318. The van der Waals surface area contributed by atoms with E-state index in [1.165, 1.54) is 24.1 Å². The van der Waals surface area contributed by atoms with Gasteiger partial charge < -0.3 is 25.1 Å². The molecule has 2 N–H and O–H groups in total. The Morgan fingerprint density at radius 1 is 1.39 bits per heavy atom. The van der Waals surface area contributed by atoms with E-state index in [1.807, 2.05) is 18.2 Å². The number of nitrogens with zero attached hydrogens (tertiary/aromatic N) is 1. The summed E-state index contributed by atoms with van der Waals surface area (Å²) in [6.07, 6.45) is 1.06. The summed E-state index contributed by atoms with van der Waals surface area (Å²) in [6, 6.07) is 7.37. The monoisotopic (exact) mass is 445 g/mol. The van der Waals surface area contributed by atoms with Crippen LogP contribution in [0.5, 0.6) is 5.75 Å². The zero-order valence-corrected chi connectivity index (χ0v) is 18.6. The first-order valence-corrected chi connectivity index (χ1v) is 10.4. The maximum Gasteiger partial charge on any atom is 0.255 e. The number of ether oxygens (including phenoxy) is 1. The van der Waals surface area contributed by atoms with Crippen LogP contribution in [0.25, 0.3) is 0 Å². The summed E-state index contributed by atoms with van der Waals surface area (Å²) >= 11 is 0. The van der Waals surface area contributed by atoms with Crippen LogP contribution in [-0.4, -0.2) is 43.2 Å². The van der Waals surface area contributed by atoms with Crippen molar-refractivity contribution in [1.82, 2.24) is 10.2 Å². The van der Waals surface area contributed by atoms with E-state index >= 15 is 0 Å². The Hall–Kier alpha value is -2.99. The molecule has 1 heterocycles. The number of carbonyl (C=O) groups excluding carboxylic acids is 3. The zero-order valence-electron chi connectivity index (χ0n) is 17.4. The van der Waals surface area contributed by atoms with Crippen molar-refractivity contribution in [3.05, 3.63) is 52.8 Å². The largest absolute Gasteiger partial charge is 0.496 e. The van der Waals surface area contributed by atoms with Gasteiger partial charge in [0.1, 0.15) is 23.9 Å². The summed E-state index contributed by atoms with van der Waals surface area (Å²) in [4.78, 5) is 37.5. The highest BCUT2D eigenvalue weighted by atomic mass is 31.0. The number of nitrogens with one attached hydrogen (secondary N) is 2. The van der Waals surface area contributed by atoms with Crippen molar-refractivity contribution in [3.63, 3.8) is 0 Å². The Kier molecular flexibility index (Phi) is 7.23. The second-order valence-electron chi connectivity index (χ2n) is 7.17. The predicted octanol–water partition coefficient (Wildman–Crippen LogP) is 2.00. The van der Waals surface area contributed by atoms with Gasteiger partial charge >= 0.3 is 0 Å². The summed E-state index contributed by atoms with van der Waals surface area (Å²) in [5, 5.41) is 6.64. The number of fused-ring (bicyclic) bond motifs is 1. The van der Waals surface area contributed by atoms with Gasteiger partial charge in [-0.25, -0.2) is 4.39 Å². The van der Waals surface area contributed by atoms with E-state index in [2.05, 4.69) is 19.9 Å². The lowest BCUT2D eigenvalue weighted by Crippen LogP contribution is -2.46. The second kappa shape index (κ2) is 9.88. The fourth-order valence-electron chi connectivity index (χ4n) is 3.74. The standard InChI is InChI=1S/C22H25FN3O4P/c1-24-21(28)18(6-4-8-27)26-12-16-15(22(26)29)9-14(23)10-17(16)25-11-13-5-3-7-19(30-2)20(13)31/h3,5,7-10,18,25H,4,6,11-12,31H2,1-2H3,(H,24,28). The number of benzene rings is 2. The summed E-state index contributed by atoms with van der Waals surface area (Å²) in [6.45, 7) is 0.545. The molecular formula is C22H25FN3O4P. The van der Waals surface area contributed by atoms with E-state index in [1.54, 1.807) is 7.11 Å². The number of hydrogen-bond donors (Lipinski definition) is 2. The number of aldehydes is 1. The van der Waals surface area contributed by atoms with E-state index in [9.17, 15) is 18.8 Å². The first kappa shape index (κ1) is 22.7. The van der Waals surface area contributed by atoms with Crippen molar-refractivity contribution in [3.8, 4) is 5.75 Å².